The van der Waals surface area contributed by atoms with Gasteiger partial charge in [-0.2, -0.15) is 0 Å². The van der Waals surface area contributed by atoms with Gasteiger partial charge in [0.2, 0.25) is 0 Å². The number of hydrogen-bond acceptors (Lipinski definition) is 5. The predicted octanol–water partition coefficient (Wildman–Crippen LogP) is 3.23. The van der Waals surface area contributed by atoms with Crippen LogP contribution in [0.5, 0.6) is 0 Å². The van der Waals surface area contributed by atoms with Gasteiger partial charge in [0.05, 0.1) is 11.6 Å². The van der Waals surface area contributed by atoms with E-state index in [1.165, 1.54) is 12.1 Å². The van der Waals surface area contributed by atoms with Crippen molar-refractivity contribution in [3.05, 3.63) is 35.9 Å². The van der Waals surface area contributed by atoms with Crippen molar-refractivity contribution in [3.63, 3.8) is 0 Å². The van der Waals surface area contributed by atoms with Crippen LogP contribution in [0.25, 0.3) is 0 Å². The molecule has 1 aromatic carbocycles. The Hall–Kier alpha value is -2.02. The summed E-state index contributed by atoms with van der Waals surface area (Å²) in [4.78, 5) is 4.79. The summed E-state index contributed by atoms with van der Waals surface area (Å²) in [6.07, 6.45) is 2.12. The largest absolute Gasteiger partial charge is 0.369 e. The first-order valence-electron chi connectivity index (χ1n) is 9.43. The predicted molar refractivity (Wildman–Crippen MR) is 101 cm³/mol. The van der Waals surface area contributed by atoms with Crippen LogP contribution in [0.2, 0.25) is 0 Å². The Bertz CT molecular complexity index is 698. The number of rotatable bonds is 5. The Kier molecular flexibility index (Phi) is 5.55. The Labute approximate surface area is 155 Å². The lowest BCUT2D eigenvalue weighted by atomic mass is 10.0. The fraction of sp³-hybridized carbons (Fsp3) is 0.632. The van der Waals surface area contributed by atoms with Gasteiger partial charge >= 0.3 is 0 Å². The molecule has 1 aromatic heterocycles. The van der Waals surface area contributed by atoms with E-state index >= 15 is 0 Å². The van der Waals surface area contributed by atoms with E-state index in [0.717, 1.165) is 50.5 Å². The molecule has 1 aliphatic heterocycles. The fourth-order valence-corrected chi connectivity index (χ4v) is 3.57. The van der Waals surface area contributed by atoms with Crippen molar-refractivity contribution in [1.29, 1.82) is 0 Å². The topological polar surface area (TPSA) is 50.1 Å². The van der Waals surface area contributed by atoms with Gasteiger partial charge in [-0.3, -0.25) is 4.90 Å². The van der Waals surface area contributed by atoms with Gasteiger partial charge in [-0.05, 0) is 61.9 Å². The smallest absolute Gasteiger partial charge is 0.168 e. The number of benzene rings is 1. The molecule has 0 amide bonds. The molecule has 2 aromatic rings. The number of hydrogen-bond donors (Lipinski definition) is 0. The van der Waals surface area contributed by atoms with Crippen LogP contribution in [0.4, 0.5) is 10.1 Å². The summed E-state index contributed by atoms with van der Waals surface area (Å²) in [5.74, 6) is 0.763. The first-order chi connectivity index (χ1) is 12.4. The van der Waals surface area contributed by atoms with Crippen molar-refractivity contribution >= 4 is 5.69 Å². The Morgan fingerprint density at radius 2 is 1.73 bits per heavy atom. The molecule has 0 spiro atoms. The van der Waals surface area contributed by atoms with Gasteiger partial charge in [0.15, 0.2) is 5.82 Å². The van der Waals surface area contributed by atoms with Crippen LogP contribution in [0, 0.1) is 5.82 Å². The summed E-state index contributed by atoms with van der Waals surface area (Å²) in [6.45, 7) is 12.3. The maximum absolute atomic E-state index is 13.1. The Morgan fingerprint density at radius 1 is 1.08 bits per heavy atom. The van der Waals surface area contributed by atoms with Crippen LogP contribution in [0.15, 0.2) is 24.3 Å². The number of tetrazole rings is 1. The van der Waals surface area contributed by atoms with Gasteiger partial charge in [0.1, 0.15) is 5.82 Å². The molecule has 1 saturated heterocycles. The second-order valence-corrected chi connectivity index (χ2v) is 7.92. The van der Waals surface area contributed by atoms with Crippen LogP contribution in [-0.4, -0.2) is 51.3 Å². The number of nitrogens with zero attached hydrogens (tertiary/aromatic N) is 6. The van der Waals surface area contributed by atoms with Gasteiger partial charge in [0, 0.05) is 31.9 Å². The molecule has 7 heteroatoms. The maximum atomic E-state index is 13.1. The van der Waals surface area contributed by atoms with Crippen molar-refractivity contribution in [2.24, 2.45) is 0 Å². The van der Waals surface area contributed by atoms with Crippen molar-refractivity contribution in [3.8, 4) is 0 Å². The second kappa shape index (κ2) is 7.70. The standard InChI is InChI=1S/C19H29FN6/c1-5-6-17(18-21-22-23-26(18)19(2,3)4)25-13-11-24(12-14-25)16-9-7-15(20)8-10-16/h7-10,17H,5-6,11-14H2,1-4H3. The fourth-order valence-electron chi connectivity index (χ4n) is 3.57. The van der Waals surface area contributed by atoms with Crippen molar-refractivity contribution in [1.82, 2.24) is 25.1 Å². The van der Waals surface area contributed by atoms with Crippen LogP contribution in [-0.2, 0) is 5.54 Å². The van der Waals surface area contributed by atoms with Crippen molar-refractivity contribution in [2.45, 2.75) is 52.1 Å². The van der Waals surface area contributed by atoms with E-state index in [4.69, 9.17) is 0 Å². The van der Waals surface area contributed by atoms with Crippen LogP contribution in [0.3, 0.4) is 0 Å². The summed E-state index contributed by atoms with van der Waals surface area (Å²) in [5, 5.41) is 12.6. The molecule has 2 heterocycles. The maximum Gasteiger partial charge on any atom is 0.168 e. The molecule has 3 rings (SSSR count). The molecule has 0 N–H and O–H groups in total. The van der Waals surface area contributed by atoms with Gasteiger partial charge in [-0.1, -0.05) is 13.3 Å². The average molecular weight is 360 g/mol. The van der Waals surface area contributed by atoms with E-state index in [9.17, 15) is 4.39 Å². The first-order valence-corrected chi connectivity index (χ1v) is 9.43. The van der Waals surface area contributed by atoms with E-state index in [-0.39, 0.29) is 17.4 Å². The zero-order chi connectivity index (χ0) is 18.7. The molecule has 0 bridgehead atoms. The quantitative estimate of drug-likeness (QED) is 0.819. The normalized spacial score (nSPS) is 17.5. The summed E-state index contributed by atoms with van der Waals surface area (Å²) in [7, 11) is 0. The molecule has 0 saturated carbocycles. The van der Waals surface area contributed by atoms with Crippen LogP contribution < -0.4 is 4.90 Å². The highest BCUT2D eigenvalue weighted by atomic mass is 19.1. The number of halogens is 1. The molecule has 0 radical (unpaired) electrons. The third-order valence-corrected chi connectivity index (χ3v) is 4.94. The first kappa shape index (κ1) is 18.8. The van der Waals surface area contributed by atoms with Crippen LogP contribution in [0.1, 0.15) is 52.4 Å². The Balaban J connectivity index is 1.73. The summed E-state index contributed by atoms with van der Waals surface area (Å²) < 4.78 is 15.1. The third kappa shape index (κ3) is 4.03. The third-order valence-electron chi connectivity index (χ3n) is 4.94. The van der Waals surface area contributed by atoms with Crippen LogP contribution >= 0.6 is 0 Å². The molecular weight excluding hydrogens is 331 g/mol. The number of anilines is 1. The molecule has 26 heavy (non-hydrogen) atoms. The lowest BCUT2D eigenvalue weighted by Crippen LogP contribution is -2.48. The molecule has 6 nitrogen and oxygen atoms in total. The van der Waals surface area contributed by atoms with E-state index < -0.39 is 0 Å². The molecular formula is C19H29FN6. The van der Waals surface area contributed by atoms with Gasteiger partial charge in [0.25, 0.3) is 0 Å². The van der Waals surface area contributed by atoms with E-state index in [1.54, 1.807) is 0 Å². The molecule has 1 atom stereocenters. The van der Waals surface area contributed by atoms with Gasteiger partial charge in [-0.15, -0.1) is 5.10 Å². The SMILES string of the molecule is CCCC(c1nnnn1C(C)(C)C)N1CCN(c2ccc(F)cc2)CC1. The highest BCUT2D eigenvalue weighted by molar-refractivity contribution is 5.46. The lowest BCUT2D eigenvalue weighted by molar-refractivity contribution is 0.156. The highest BCUT2D eigenvalue weighted by Crippen LogP contribution is 2.29. The Morgan fingerprint density at radius 3 is 2.31 bits per heavy atom. The minimum atomic E-state index is -0.190. The van der Waals surface area contributed by atoms with E-state index in [1.807, 2.05) is 16.8 Å². The molecule has 1 fully saturated rings. The summed E-state index contributed by atoms with van der Waals surface area (Å²) in [6, 6.07) is 6.99. The minimum Gasteiger partial charge on any atom is -0.369 e. The zero-order valence-electron chi connectivity index (χ0n) is 16.2. The number of aromatic nitrogens is 4. The monoisotopic (exact) mass is 360 g/mol. The lowest BCUT2D eigenvalue weighted by Gasteiger charge is -2.40. The van der Waals surface area contributed by atoms with E-state index in [2.05, 4.69) is 53.0 Å². The van der Waals surface area contributed by atoms with Crippen molar-refractivity contribution in [2.75, 3.05) is 31.1 Å². The summed E-state index contributed by atoms with van der Waals surface area (Å²) >= 11 is 0. The molecule has 0 aliphatic carbocycles. The second-order valence-electron chi connectivity index (χ2n) is 7.92. The van der Waals surface area contributed by atoms with Crippen molar-refractivity contribution < 1.29 is 4.39 Å². The molecule has 142 valence electrons. The molecule has 1 unspecified atom stereocenters. The average Bonchev–Trinajstić information content (AvgIpc) is 3.10. The highest BCUT2D eigenvalue weighted by Gasteiger charge is 2.31. The van der Waals surface area contributed by atoms with Gasteiger partial charge < -0.3 is 4.90 Å². The number of piperazine rings is 1. The minimum absolute atomic E-state index is 0.138. The van der Waals surface area contributed by atoms with E-state index in [0.29, 0.717) is 0 Å². The summed E-state index contributed by atoms with van der Waals surface area (Å²) in [5.41, 5.74) is 0.943. The van der Waals surface area contributed by atoms with Gasteiger partial charge in [-0.25, -0.2) is 9.07 Å². The zero-order valence-corrected chi connectivity index (χ0v) is 16.2. The molecule has 1 aliphatic rings.